The molecule has 6 N–H and O–H groups in total. The first-order chi connectivity index (χ1) is 17.2. The maximum atomic E-state index is 12.2. The molecule has 1 heterocycles. The van der Waals surface area contributed by atoms with Gasteiger partial charge in [0.1, 0.15) is 18.7 Å². The second-order valence-electron chi connectivity index (χ2n) is 8.55. The molecule has 0 aromatic carbocycles. The van der Waals surface area contributed by atoms with Gasteiger partial charge in [-0.1, -0.05) is 6.92 Å². The van der Waals surface area contributed by atoms with E-state index >= 15 is 0 Å². The van der Waals surface area contributed by atoms with Crippen LogP contribution in [0, 0.1) is 0 Å². The summed E-state index contributed by atoms with van der Waals surface area (Å²) in [6, 6.07) is -1.79. The third-order valence-corrected chi connectivity index (χ3v) is 5.38. The van der Waals surface area contributed by atoms with E-state index < -0.39 is 24.1 Å². The van der Waals surface area contributed by atoms with Gasteiger partial charge in [-0.3, -0.25) is 19.2 Å². The van der Waals surface area contributed by atoms with Crippen LogP contribution in [0.3, 0.4) is 0 Å². The maximum absolute atomic E-state index is 12.2. The molecule has 0 bridgehead atoms. The number of carbonyl (C=O) groups is 4. The Bertz CT molecular complexity index is 675. The molecule has 0 aromatic rings. The molecular weight excluding hydrogens is 474 g/mol. The lowest BCUT2D eigenvalue weighted by atomic mass is 10.2. The van der Waals surface area contributed by atoms with Gasteiger partial charge in [-0.2, -0.15) is 0 Å². The van der Waals surface area contributed by atoms with Gasteiger partial charge >= 0.3 is 0 Å². The molecule has 1 aliphatic rings. The van der Waals surface area contributed by atoms with E-state index in [0.29, 0.717) is 32.8 Å². The molecule has 0 aromatic heterocycles. The Morgan fingerprint density at radius 1 is 0.917 bits per heavy atom. The number of ether oxygens (including phenoxy) is 3. The van der Waals surface area contributed by atoms with Gasteiger partial charge in [0.25, 0.3) is 0 Å². The van der Waals surface area contributed by atoms with Crippen molar-refractivity contribution in [2.75, 3.05) is 59.3 Å². The average molecular weight is 518 g/mol. The van der Waals surface area contributed by atoms with Gasteiger partial charge in [0.05, 0.1) is 45.2 Å². The molecule has 1 rings (SSSR count). The third-order valence-electron chi connectivity index (χ3n) is 5.38. The van der Waals surface area contributed by atoms with Crippen LogP contribution in [0.5, 0.6) is 0 Å². The van der Waals surface area contributed by atoms with E-state index in [9.17, 15) is 24.3 Å². The molecule has 1 saturated heterocycles. The van der Waals surface area contributed by atoms with E-state index in [0.717, 1.165) is 19.4 Å². The van der Waals surface area contributed by atoms with Crippen LogP contribution in [0.4, 0.5) is 0 Å². The van der Waals surface area contributed by atoms with Gasteiger partial charge in [0.2, 0.25) is 23.6 Å². The van der Waals surface area contributed by atoms with Crippen molar-refractivity contribution in [2.45, 2.75) is 64.3 Å². The van der Waals surface area contributed by atoms with Crippen molar-refractivity contribution in [1.82, 2.24) is 26.6 Å². The Morgan fingerprint density at radius 3 is 2.17 bits per heavy atom. The molecule has 0 spiro atoms. The minimum absolute atomic E-state index is 0.109. The van der Waals surface area contributed by atoms with Crippen molar-refractivity contribution in [3.63, 3.8) is 0 Å². The lowest BCUT2D eigenvalue weighted by molar-refractivity contribution is -0.132. The summed E-state index contributed by atoms with van der Waals surface area (Å²) < 4.78 is 15.8. The summed E-state index contributed by atoms with van der Waals surface area (Å²) in [5.41, 5.74) is 0. The fourth-order valence-electron chi connectivity index (χ4n) is 3.13. The summed E-state index contributed by atoms with van der Waals surface area (Å²) in [7, 11) is 0. The molecule has 0 saturated carbocycles. The van der Waals surface area contributed by atoms with E-state index in [1.165, 1.54) is 0 Å². The van der Waals surface area contributed by atoms with Crippen LogP contribution in [-0.2, 0) is 33.4 Å². The molecule has 1 fully saturated rings. The first-order valence-corrected chi connectivity index (χ1v) is 12.5. The molecular formula is C23H43N5O8. The van der Waals surface area contributed by atoms with Crippen molar-refractivity contribution < 1.29 is 38.5 Å². The van der Waals surface area contributed by atoms with Crippen molar-refractivity contribution >= 4 is 23.6 Å². The molecule has 208 valence electrons. The van der Waals surface area contributed by atoms with Gasteiger partial charge in [-0.05, 0) is 39.7 Å². The molecule has 13 nitrogen and oxygen atoms in total. The zero-order valence-corrected chi connectivity index (χ0v) is 21.6. The zero-order chi connectivity index (χ0) is 26.8. The fraction of sp³-hybridized carbons (Fsp3) is 0.826. The minimum atomic E-state index is -0.762. The van der Waals surface area contributed by atoms with Crippen LogP contribution in [-0.4, -0.2) is 112 Å². The summed E-state index contributed by atoms with van der Waals surface area (Å²) >= 11 is 0. The summed E-state index contributed by atoms with van der Waals surface area (Å²) in [6.07, 6.45) is 1.68. The Labute approximate surface area is 212 Å². The van der Waals surface area contributed by atoms with E-state index in [1.54, 1.807) is 13.8 Å². The average Bonchev–Trinajstić information content (AvgIpc) is 3.40. The predicted molar refractivity (Wildman–Crippen MR) is 131 cm³/mol. The van der Waals surface area contributed by atoms with Crippen LogP contribution in [0.15, 0.2) is 0 Å². The molecule has 0 aliphatic carbocycles. The quantitative estimate of drug-likeness (QED) is 0.104. The van der Waals surface area contributed by atoms with Crippen LogP contribution in [0.2, 0.25) is 0 Å². The largest absolute Gasteiger partial charge is 0.391 e. The minimum Gasteiger partial charge on any atom is -0.391 e. The molecule has 4 unspecified atom stereocenters. The Morgan fingerprint density at radius 2 is 1.56 bits per heavy atom. The molecule has 4 amide bonds. The van der Waals surface area contributed by atoms with Crippen molar-refractivity contribution in [2.24, 2.45) is 0 Å². The van der Waals surface area contributed by atoms with Crippen LogP contribution in [0.1, 0.15) is 40.0 Å². The second kappa shape index (κ2) is 18.9. The van der Waals surface area contributed by atoms with E-state index in [2.05, 4.69) is 26.6 Å². The smallest absolute Gasteiger partial charge is 0.246 e. The highest BCUT2D eigenvalue weighted by molar-refractivity contribution is 5.92. The van der Waals surface area contributed by atoms with Gasteiger partial charge < -0.3 is 45.9 Å². The Kier molecular flexibility index (Phi) is 16.6. The normalized spacial score (nSPS) is 17.6. The second-order valence-corrected chi connectivity index (χ2v) is 8.55. The number of hydrogen-bond donors (Lipinski definition) is 6. The lowest BCUT2D eigenvalue weighted by Gasteiger charge is -2.20. The van der Waals surface area contributed by atoms with Gasteiger partial charge in [-0.25, -0.2) is 0 Å². The number of carbonyl (C=O) groups excluding carboxylic acids is 4. The fourth-order valence-corrected chi connectivity index (χ4v) is 3.13. The Hall–Kier alpha value is -2.32. The highest BCUT2D eigenvalue weighted by Gasteiger charge is 2.26. The highest BCUT2D eigenvalue weighted by atomic mass is 16.5. The number of nitrogens with one attached hydrogen (secondary N) is 5. The number of amides is 4. The first kappa shape index (κ1) is 31.7. The highest BCUT2D eigenvalue weighted by Crippen LogP contribution is 2.05. The van der Waals surface area contributed by atoms with Crippen molar-refractivity contribution in [1.29, 1.82) is 0 Å². The standard InChI is InChI=1S/C23H43N5O8/c1-4-18(29)14-36-15-20(30)25-8-10-34-12-13-35-11-9-26-21(31)16(2)27-22(32)17(3)28-23(33)19-6-5-7-24-19/h16-19,24,29H,4-15H2,1-3H3,(H,25,30)(H,26,31)(H,27,32)(H,28,33). The molecule has 13 heteroatoms. The van der Waals surface area contributed by atoms with Gasteiger partial charge in [0, 0.05) is 13.1 Å². The summed E-state index contributed by atoms with van der Waals surface area (Å²) in [5.74, 6) is -1.29. The Balaban J connectivity index is 1.99. The lowest BCUT2D eigenvalue weighted by Crippen LogP contribution is -2.54. The predicted octanol–water partition coefficient (Wildman–Crippen LogP) is -2.20. The van der Waals surface area contributed by atoms with Crippen LogP contribution < -0.4 is 26.6 Å². The summed E-state index contributed by atoms with van der Waals surface area (Å²) in [6.45, 7) is 7.61. The zero-order valence-electron chi connectivity index (χ0n) is 21.6. The summed E-state index contributed by atoms with van der Waals surface area (Å²) in [5, 5.41) is 23.0. The van der Waals surface area contributed by atoms with Gasteiger partial charge in [0.15, 0.2) is 0 Å². The van der Waals surface area contributed by atoms with Crippen LogP contribution in [0.25, 0.3) is 0 Å². The SMILES string of the molecule is CCC(O)COCC(=O)NCCOCCOCCNC(=O)C(C)NC(=O)C(C)NC(=O)C1CCCN1. The van der Waals surface area contributed by atoms with Crippen molar-refractivity contribution in [3.05, 3.63) is 0 Å². The van der Waals surface area contributed by atoms with Crippen molar-refractivity contribution in [3.8, 4) is 0 Å². The molecule has 1 aliphatic heterocycles. The number of aliphatic hydroxyl groups is 1. The molecule has 4 atom stereocenters. The van der Waals surface area contributed by atoms with E-state index in [-0.39, 0.29) is 50.1 Å². The third kappa shape index (κ3) is 14.3. The molecule has 36 heavy (non-hydrogen) atoms. The van der Waals surface area contributed by atoms with E-state index in [4.69, 9.17) is 14.2 Å². The van der Waals surface area contributed by atoms with Gasteiger partial charge in [-0.15, -0.1) is 0 Å². The topological polar surface area (TPSA) is 176 Å². The summed E-state index contributed by atoms with van der Waals surface area (Å²) in [4.78, 5) is 48.0. The number of rotatable bonds is 19. The maximum Gasteiger partial charge on any atom is 0.246 e. The molecule has 0 radical (unpaired) electrons. The van der Waals surface area contributed by atoms with Crippen LogP contribution >= 0.6 is 0 Å². The first-order valence-electron chi connectivity index (χ1n) is 12.5. The van der Waals surface area contributed by atoms with E-state index in [1.807, 2.05) is 6.92 Å². The monoisotopic (exact) mass is 517 g/mol. The number of aliphatic hydroxyl groups excluding tert-OH is 1. The number of hydrogen-bond acceptors (Lipinski definition) is 9.